The Kier molecular flexibility index (Phi) is 5.63. The molecule has 3 rings (SSSR count). The Balaban J connectivity index is 1.53. The van der Waals surface area contributed by atoms with Gasteiger partial charge in [0.15, 0.2) is 0 Å². The zero-order valence-electron chi connectivity index (χ0n) is 15.0. The van der Waals surface area contributed by atoms with Gasteiger partial charge in [0.25, 0.3) is 0 Å². The summed E-state index contributed by atoms with van der Waals surface area (Å²) in [5.41, 5.74) is 0.407. The van der Waals surface area contributed by atoms with E-state index in [1.807, 2.05) is 11.8 Å². The quantitative estimate of drug-likeness (QED) is 0.845. The van der Waals surface area contributed by atoms with Crippen LogP contribution < -0.4 is 5.32 Å². The van der Waals surface area contributed by atoms with E-state index in [1.165, 1.54) is 38.5 Å². The van der Waals surface area contributed by atoms with Crippen LogP contribution in [0.5, 0.6) is 0 Å². The van der Waals surface area contributed by atoms with E-state index in [4.69, 9.17) is 4.74 Å². The molecule has 1 heterocycles. The Bertz CT molecular complexity index is 398. The number of rotatable bonds is 5. The van der Waals surface area contributed by atoms with Crippen LogP contribution in [0.2, 0.25) is 0 Å². The van der Waals surface area contributed by atoms with Crippen molar-refractivity contribution in [3.63, 3.8) is 0 Å². The van der Waals surface area contributed by atoms with Gasteiger partial charge in [0.1, 0.15) is 0 Å². The number of hydrogen-bond acceptors (Lipinski definition) is 3. The fourth-order valence-corrected chi connectivity index (χ4v) is 5.10. The molecule has 2 saturated carbocycles. The number of amides is 1. The van der Waals surface area contributed by atoms with Crippen molar-refractivity contribution in [3.8, 4) is 0 Å². The molecule has 0 aromatic rings. The second kappa shape index (κ2) is 7.52. The third-order valence-electron chi connectivity index (χ3n) is 6.52. The predicted molar refractivity (Wildman–Crippen MR) is 92.4 cm³/mol. The molecule has 1 amide bonds. The Hall–Kier alpha value is -0.610. The highest BCUT2D eigenvalue weighted by Gasteiger charge is 2.55. The first kappa shape index (κ1) is 17.2. The van der Waals surface area contributed by atoms with E-state index in [0.29, 0.717) is 35.9 Å². The van der Waals surface area contributed by atoms with E-state index >= 15 is 0 Å². The molecule has 2 atom stereocenters. The van der Waals surface area contributed by atoms with Gasteiger partial charge in [-0.15, -0.1) is 0 Å². The molecule has 1 aliphatic heterocycles. The van der Waals surface area contributed by atoms with Gasteiger partial charge in [-0.25, -0.2) is 0 Å². The molecule has 3 fully saturated rings. The number of likely N-dealkylation sites (tertiary alicyclic amines) is 1. The third kappa shape index (κ3) is 3.43. The maximum atomic E-state index is 11.8. The highest BCUT2D eigenvalue weighted by Crippen LogP contribution is 2.53. The van der Waals surface area contributed by atoms with E-state index in [1.54, 1.807) is 0 Å². The highest BCUT2D eigenvalue weighted by molar-refractivity contribution is 5.75. The van der Waals surface area contributed by atoms with Crippen LogP contribution in [-0.2, 0) is 9.53 Å². The maximum Gasteiger partial charge on any atom is 0.222 e. The number of hydrogen-bond donors (Lipinski definition) is 1. The van der Waals surface area contributed by atoms with Crippen LogP contribution >= 0.6 is 0 Å². The minimum atomic E-state index is 0.312. The van der Waals surface area contributed by atoms with Gasteiger partial charge in [-0.1, -0.05) is 26.2 Å². The van der Waals surface area contributed by atoms with Crippen molar-refractivity contribution < 1.29 is 9.53 Å². The van der Waals surface area contributed by atoms with Gasteiger partial charge in [0.2, 0.25) is 5.91 Å². The Labute approximate surface area is 141 Å². The van der Waals surface area contributed by atoms with Crippen molar-refractivity contribution in [2.75, 3.05) is 19.7 Å². The minimum Gasteiger partial charge on any atom is -0.378 e. The van der Waals surface area contributed by atoms with E-state index in [0.717, 1.165) is 32.5 Å². The number of piperidine rings is 1. The molecule has 0 aromatic carbocycles. The molecule has 0 aromatic heterocycles. The molecule has 1 N–H and O–H groups in total. The average Bonchev–Trinajstić information content (AvgIpc) is 2.61. The van der Waals surface area contributed by atoms with Crippen molar-refractivity contribution in [1.82, 2.24) is 10.2 Å². The molecular formula is C19H34N2O2. The standard InChI is InChI=1S/C19H34N2O2/c1-3-18(22)21-12-8-15(9-13-21)20-16-14-17(23-4-2)19(16)10-6-5-7-11-19/h15-17,20H,3-14H2,1-2H3/t16-,17+/m1/s1. The minimum absolute atomic E-state index is 0.312. The topological polar surface area (TPSA) is 41.6 Å². The second-order valence-corrected chi connectivity index (χ2v) is 7.70. The number of carbonyl (C=O) groups is 1. The Morgan fingerprint density at radius 3 is 2.48 bits per heavy atom. The molecule has 3 aliphatic rings. The number of carbonyl (C=O) groups excluding carboxylic acids is 1. The molecular weight excluding hydrogens is 288 g/mol. The SMILES string of the molecule is CCO[C@H]1C[C@@H](NC2CCN(C(=O)CC)CC2)C12CCCCC2. The van der Waals surface area contributed by atoms with Gasteiger partial charge >= 0.3 is 0 Å². The van der Waals surface area contributed by atoms with E-state index in [-0.39, 0.29) is 0 Å². The van der Waals surface area contributed by atoms with E-state index in [9.17, 15) is 4.79 Å². The smallest absolute Gasteiger partial charge is 0.222 e. The highest BCUT2D eigenvalue weighted by atomic mass is 16.5. The molecule has 0 unspecified atom stereocenters. The molecule has 132 valence electrons. The summed E-state index contributed by atoms with van der Waals surface area (Å²) in [6, 6.07) is 1.22. The van der Waals surface area contributed by atoms with Gasteiger partial charge < -0.3 is 15.0 Å². The first-order valence-corrected chi connectivity index (χ1v) is 9.85. The summed E-state index contributed by atoms with van der Waals surface area (Å²) in [5, 5.41) is 3.96. The van der Waals surface area contributed by atoms with Crippen LogP contribution in [0.3, 0.4) is 0 Å². The van der Waals surface area contributed by atoms with Crippen LogP contribution in [0.25, 0.3) is 0 Å². The van der Waals surface area contributed by atoms with Crippen molar-refractivity contribution in [1.29, 1.82) is 0 Å². The van der Waals surface area contributed by atoms with Crippen LogP contribution in [0.1, 0.15) is 71.6 Å². The monoisotopic (exact) mass is 322 g/mol. The lowest BCUT2D eigenvalue weighted by molar-refractivity contribution is -0.153. The second-order valence-electron chi connectivity index (χ2n) is 7.70. The molecule has 4 heteroatoms. The van der Waals surface area contributed by atoms with Gasteiger partial charge in [0.05, 0.1) is 6.10 Å². The van der Waals surface area contributed by atoms with Crippen LogP contribution in [0.4, 0.5) is 0 Å². The van der Waals surface area contributed by atoms with E-state index in [2.05, 4.69) is 12.2 Å². The summed E-state index contributed by atoms with van der Waals surface area (Å²) >= 11 is 0. The van der Waals surface area contributed by atoms with Gasteiger partial charge in [0, 0.05) is 43.6 Å². The molecule has 4 nitrogen and oxygen atoms in total. The van der Waals surface area contributed by atoms with Crippen molar-refractivity contribution >= 4 is 5.91 Å². The summed E-state index contributed by atoms with van der Waals surface area (Å²) in [6.07, 6.45) is 11.3. The third-order valence-corrected chi connectivity index (χ3v) is 6.52. The van der Waals surface area contributed by atoms with Gasteiger partial charge in [-0.2, -0.15) is 0 Å². The molecule has 0 radical (unpaired) electrons. The molecule has 2 aliphatic carbocycles. The lowest BCUT2D eigenvalue weighted by atomic mass is 9.55. The van der Waals surface area contributed by atoms with Gasteiger partial charge in [-0.05, 0) is 39.0 Å². The summed E-state index contributed by atoms with van der Waals surface area (Å²) in [7, 11) is 0. The van der Waals surface area contributed by atoms with Crippen molar-refractivity contribution in [3.05, 3.63) is 0 Å². The summed E-state index contributed by atoms with van der Waals surface area (Å²) in [5.74, 6) is 0.312. The average molecular weight is 322 g/mol. The number of ether oxygens (including phenoxy) is 1. The first-order chi connectivity index (χ1) is 11.2. The van der Waals surface area contributed by atoms with Crippen LogP contribution in [-0.4, -0.2) is 48.7 Å². The summed E-state index contributed by atoms with van der Waals surface area (Å²) in [4.78, 5) is 13.8. The molecule has 1 spiro atoms. The van der Waals surface area contributed by atoms with Gasteiger partial charge in [-0.3, -0.25) is 4.79 Å². The normalized spacial score (nSPS) is 31.1. The lowest BCUT2D eigenvalue weighted by Crippen LogP contribution is -2.66. The first-order valence-electron chi connectivity index (χ1n) is 9.85. The fourth-order valence-electron chi connectivity index (χ4n) is 5.10. The molecule has 0 bridgehead atoms. The van der Waals surface area contributed by atoms with E-state index < -0.39 is 0 Å². The fraction of sp³-hybridized carbons (Fsp3) is 0.947. The van der Waals surface area contributed by atoms with Crippen LogP contribution in [0.15, 0.2) is 0 Å². The lowest BCUT2D eigenvalue weighted by Gasteiger charge is -2.59. The Morgan fingerprint density at radius 2 is 1.87 bits per heavy atom. The molecule has 23 heavy (non-hydrogen) atoms. The summed E-state index contributed by atoms with van der Waals surface area (Å²) < 4.78 is 6.06. The summed E-state index contributed by atoms with van der Waals surface area (Å²) in [6.45, 7) is 6.79. The number of nitrogens with zero attached hydrogens (tertiary/aromatic N) is 1. The zero-order valence-corrected chi connectivity index (χ0v) is 15.0. The zero-order chi connectivity index (χ0) is 16.3. The predicted octanol–water partition coefficient (Wildman–Crippen LogP) is 3.10. The van der Waals surface area contributed by atoms with Crippen molar-refractivity contribution in [2.45, 2.75) is 89.8 Å². The Morgan fingerprint density at radius 1 is 1.17 bits per heavy atom. The largest absolute Gasteiger partial charge is 0.378 e. The molecule has 1 saturated heterocycles. The van der Waals surface area contributed by atoms with Crippen molar-refractivity contribution in [2.24, 2.45) is 5.41 Å². The number of nitrogens with one attached hydrogen (secondary N) is 1. The maximum absolute atomic E-state index is 11.8. The van der Waals surface area contributed by atoms with Crippen LogP contribution in [0, 0.1) is 5.41 Å².